The summed E-state index contributed by atoms with van der Waals surface area (Å²) in [6.45, 7) is 3.79. The van der Waals surface area contributed by atoms with Crippen molar-refractivity contribution in [2.24, 2.45) is 0 Å². The van der Waals surface area contributed by atoms with Crippen LogP contribution in [0.25, 0.3) is 0 Å². The Morgan fingerprint density at radius 2 is 1.69 bits per heavy atom. The maximum Gasteiger partial charge on any atom is 0.258 e. The molecule has 0 bridgehead atoms. The molecule has 0 unspecified atom stereocenters. The molecule has 26 heavy (non-hydrogen) atoms. The lowest BCUT2D eigenvalue weighted by Crippen LogP contribution is -2.31. The number of hydrogen-bond donors (Lipinski definition) is 1. The van der Waals surface area contributed by atoms with E-state index in [1.165, 1.54) is 16.4 Å². The highest BCUT2D eigenvalue weighted by atomic mass is 35.5. The van der Waals surface area contributed by atoms with Crippen LogP contribution in [0.1, 0.15) is 24.2 Å². The lowest BCUT2D eigenvalue weighted by molar-refractivity contribution is 0.102. The van der Waals surface area contributed by atoms with Gasteiger partial charge in [-0.15, -0.1) is 0 Å². The van der Waals surface area contributed by atoms with Crippen molar-refractivity contribution in [2.75, 3.05) is 18.4 Å². The number of hydrogen-bond acceptors (Lipinski definition) is 3. The topological polar surface area (TPSA) is 66.5 Å². The number of sulfonamides is 1. The van der Waals surface area contributed by atoms with Crippen LogP contribution >= 0.6 is 11.6 Å². The minimum Gasteiger partial charge on any atom is -0.319 e. The molecule has 5 nitrogen and oxygen atoms in total. The molecule has 140 valence electrons. The Labute approximate surface area is 155 Å². The van der Waals surface area contributed by atoms with E-state index in [-0.39, 0.29) is 28.7 Å². The van der Waals surface area contributed by atoms with Crippen molar-refractivity contribution in [3.63, 3.8) is 0 Å². The Morgan fingerprint density at radius 3 is 2.31 bits per heavy atom. The van der Waals surface area contributed by atoms with Gasteiger partial charge in [0, 0.05) is 18.1 Å². The highest BCUT2D eigenvalue weighted by Gasteiger charge is 2.24. The van der Waals surface area contributed by atoms with Gasteiger partial charge < -0.3 is 5.32 Å². The van der Waals surface area contributed by atoms with Crippen molar-refractivity contribution in [1.82, 2.24) is 4.31 Å². The smallest absolute Gasteiger partial charge is 0.258 e. The van der Waals surface area contributed by atoms with Crippen molar-refractivity contribution < 1.29 is 22.0 Å². The lowest BCUT2D eigenvalue weighted by atomic mass is 10.2. The van der Waals surface area contributed by atoms with Crippen molar-refractivity contribution >= 4 is 33.2 Å². The van der Waals surface area contributed by atoms with Crippen LogP contribution in [0.3, 0.4) is 0 Å². The van der Waals surface area contributed by atoms with Crippen LogP contribution in [0.2, 0.25) is 5.02 Å². The van der Waals surface area contributed by atoms with E-state index < -0.39 is 33.1 Å². The summed E-state index contributed by atoms with van der Waals surface area (Å²) in [5.41, 5.74) is -0.753. The van der Waals surface area contributed by atoms with E-state index in [0.29, 0.717) is 0 Å². The molecule has 0 radical (unpaired) electrons. The van der Waals surface area contributed by atoms with Gasteiger partial charge in [0.1, 0.15) is 11.6 Å². The number of halogens is 3. The lowest BCUT2D eigenvalue weighted by Gasteiger charge is -2.19. The Balaban J connectivity index is 2.41. The Bertz CT molecular complexity index is 932. The second-order valence-corrected chi connectivity index (χ2v) is 7.68. The summed E-state index contributed by atoms with van der Waals surface area (Å²) in [6.07, 6.45) is 0. The summed E-state index contributed by atoms with van der Waals surface area (Å²) in [5.74, 6) is -2.67. The largest absolute Gasteiger partial charge is 0.319 e. The zero-order chi connectivity index (χ0) is 19.5. The molecule has 2 aromatic carbocycles. The summed E-state index contributed by atoms with van der Waals surface area (Å²) in [5, 5.41) is 2.38. The first kappa shape index (κ1) is 20.3. The van der Waals surface area contributed by atoms with Crippen LogP contribution in [0.5, 0.6) is 0 Å². The van der Waals surface area contributed by atoms with Gasteiger partial charge in [-0.05, 0) is 36.4 Å². The third kappa shape index (κ3) is 4.20. The summed E-state index contributed by atoms with van der Waals surface area (Å²) in [6, 6.07) is 6.42. The Hall–Kier alpha value is -2.03. The first-order chi connectivity index (χ1) is 12.2. The van der Waals surface area contributed by atoms with Gasteiger partial charge in [-0.2, -0.15) is 4.31 Å². The van der Waals surface area contributed by atoms with E-state index >= 15 is 0 Å². The van der Waals surface area contributed by atoms with Crippen LogP contribution in [0.15, 0.2) is 41.3 Å². The number of rotatable bonds is 6. The van der Waals surface area contributed by atoms with Crippen molar-refractivity contribution in [3.05, 3.63) is 58.6 Å². The highest BCUT2D eigenvalue weighted by Crippen LogP contribution is 2.23. The third-order valence-corrected chi connectivity index (χ3v) is 5.98. The maximum absolute atomic E-state index is 14.1. The number of carbonyl (C=O) groups is 1. The van der Waals surface area contributed by atoms with Gasteiger partial charge in [0.2, 0.25) is 10.0 Å². The maximum atomic E-state index is 14.1. The standard InChI is InChI=1S/C17H17ClF2N2O3S/c1-3-22(4-2)26(24,25)12-6-8-14(19)13(10-12)17(23)21-16-9-11(18)5-7-15(16)20/h5-10H,3-4H2,1-2H3,(H,21,23). The first-order valence-electron chi connectivity index (χ1n) is 7.76. The zero-order valence-electron chi connectivity index (χ0n) is 14.1. The SMILES string of the molecule is CCN(CC)S(=O)(=O)c1ccc(F)c(C(=O)Nc2cc(Cl)ccc2F)c1. The van der Waals surface area contributed by atoms with Gasteiger partial charge in [0.25, 0.3) is 5.91 Å². The minimum absolute atomic E-state index is 0.181. The zero-order valence-corrected chi connectivity index (χ0v) is 15.7. The van der Waals surface area contributed by atoms with E-state index in [0.717, 1.165) is 24.3 Å². The summed E-state index contributed by atoms with van der Waals surface area (Å²) >= 11 is 5.75. The van der Waals surface area contributed by atoms with Gasteiger partial charge in [-0.1, -0.05) is 25.4 Å². The molecule has 1 amide bonds. The summed E-state index contributed by atoms with van der Waals surface area (Å²) in [7, 11) is -3.87. The fourth-order valence-electron chi connectivity index (χ4n) is 2.33. The van der Waals surface area contributed by atoms with Crippen molar-refractivity contribution in [3.8, 4) is 0 Å². The number of benzene rings is 2. The predicted octanol–water partition coefficient (Wildman–Crippen LogP) is 3.90. The highest BCUT2D eigenvalue weighted by molar-refractivity contribution is 7.89. The van der Waals surface area contributed by atoms with Gasteiger partial charge >= 0.3 is 0 Å². The number of anilines is 1. The second kappa shape index (κ2) is 8.11. The molecule has 2 rings (SSSR count). The van der Waals surface area contributed by atoms with Crippen molar-refractivity contribution in [2.45, 2.75) is 18.7 Å². The molecule has 0 aromatic heterocycles. The van der Waals surface area contributed by atoms with Crippen LogP contribution in [0.4, 0.5) is 14.5 Å². The number of amides is 1. The molecule has 0 aliphatic carbocycles. The molecule has 0 heterocycles. The Morgan fingerprint density at radius 1 is 1.08 bits per heavy atom. The van der Waals surface area contributed by atoms with Crippen LogP contribution in [0, 0.1) is 11.6 Å². The number of nitrogens with zero attached hydrogens (tertiary/aromatic N) is 1. The van der Waals surface area contributed by atoms with Crippen LogP contribution in [-0.4, -0.2) is 31.7 Å². The molecular weight excluding hydrogens is 386 g/mol. The normalized spacial score (nSPS) is 11.6. The molecule has 1 N–H and O–H groups in total. The van der Waals surface area contributed by atoms with Gasteiger partial charge in [-0.25, -0.2) is 17.2 Å². The predicted molar refractivity (Wildman–Crippen MR) is 95.9 cm³/mol. The molecule has 0 fully saturated rings. The van der Waals surface area contributed by atoms with Gasteiger partial charge in [-0.3, -0.25) is 4.79 Å². The minimum atomic E-state index is -3.87. The molecule has 0 aliphatic heterocycles. The molecule has 0 aliphatic rings. The van der Waals surface area contributed by atoms with Crippen LogP contribution < -0.4 is 5.32 Å². The molecule has 0 atom stereocenters. The molecular formula is C17H17ClF2N2O3S. The van der Waals surface area contributed by atoms with Crippen LogP contribution in [-0.2, 0) is 10.0 Å². The summed E-state index contributed by atoms with van der Waals surface area (Å²) in [4.78, 5) is 12.1. The molecule has 0 spiro atoms. The van der Waals surface area contributed by atoms with Gasteiger partial charge in [0.15, 0.2) is 0 Å². The Kier molecular flexibility index (Phi) is 6.33. The summed E-state index contributed by atoms with van der Waals surface area (Å²) < 4.78 is 54.1. The van der Waals surface area contributed by atoms with Crippen molar-refractivity contribution in [1.29, 1.82) is 0 Å². The van der Waals surface area contributed by atoms with E-state index in [4.69, 9.17) is 11.6 Å². The number of carbonyl (C=O) groups excluding carboxylic acids is 1. The van der Waals surface area contributed by atoms with E-state index in [1.54, 1.807) is 13.8 Å². The molecule has 0 saturated carbocycles. The molecule has 9 heteroatoms. The molecule has 0 saturated heterocycles. The van der Waals surface area contributed by atoms with E-state index in [9.17, 15) is 22.0 Å². The monoisotopic (exact) mass is 402 g/mol. The fraction of sp³-hybridized carbons (Fsp3) is 0.235. The number of nitrogens with one attached hydrogen (secondary N) is 1. The average Bonchev–Trinajstić information content (AvgIpc) is 2.59. The quantitative estimate of drug-likeness (QED) is 0.796. The second-order valence-electron chi connectivity index (χ2n) is 5.31. The fourth-order valence-corrected chi connectivity index (χ4v) is 3.99. The van der Waals surface area contributed by atoms with E-state index in [1.807, 2.05) is 0 Å². The third-order valence-electron chi connectivity index (χ3n) is 3.70. The average molecular weight is 403 g/mol. The van der Waals surface area contributed by atoms with E-state index in [2.05, 4.69) is 5.32 Å². The first-order valence-corrected chi connectivity index (χ1v) is 9.58. The van der Waals surface area contributed by atoms with Gasteiger partial charge in [0.05, 0.1) is 16.1 Å². The molecule has 2 aromatic rings.